The lowest BCUT2D eigenvalue weighted by Crippen LogP contribution is -2.07. The first kappa shape index (κ1) is 12.1. The maximum Gasteiger partial charge on any atom is 0.341 e. The van der Waals surface area contributed by atoms with Gasteiger partial charge in [-0.2, -0.15) is 9.97 Å². The molecule has 1 aromatic rings. The van der Waals surface area contributed by atoms with Gasteiger partial charge in [-0.3, -0.25) is 0 Å². The number of carbonyl (C=O) groups is 1. The number of aromatic carboxylic acids is 1. The van der Waals surface area contributed by atoms with Crippen molar-refractivity contribution in [2.75, 3.05) is 19.6 Å². The number of hydrogen-bond donors (Lipinski definition) is 1. The molecule has 1 rings (SSSR count). The second-order valence-electron chi connectivity index (χ2n) is 2.41. The van der Waals surface area contributed by atoms with Gasteiger partial charge in [0.15, 0.2) is 0 Å². The van der Waals surface area contributed by atoms with E-state index in [-0.39, 0.29) is 11.6 Å². The van der Waals surface area contributed by atoms with Gasteiger partial charge < -0.3 is 9.84 Å². The van der Waals surface area contributed by atoms with E-state index in [2.05, 4.69) is 9.97 Å². The number of carboxylic acid groups (broad SMARTS) is 1. The van der Waals surface area contributed by atoms with Crippen LogP contribution in [0, 0.1) is 0 Å². The molecular weight excluding hydrogens is 236 g/mol. The smallest absolute Gasteiger partial charge is 0.341 e. The van der Waals surface area contributed by atoms with E-state index in [1.165, 1.54) is 30.6 Å². The van der Waals surface area contributed by atoms with Crippen molar-refractivity contribution in [1.29, 1.82) is 0 Å². The number of carboxylic acids is 1. The fourth-order valence-corrected chi connectivity index (χ4v) is 2.15. The summed E-state index contributed by atoms with van der Waals surface area (Å²) in [4.78, 5) is 19.0. The number of hydrogen-bond acceptors (Lipinski definition) is 6. The molecule has 0 bridgehead atoms. The molecule has 0 aliphatic heterocycles. The quantitative estimate of drug-likeness (QED) is 0.639. The van der Waals surface area contributed by atoms with Crippen LogP contribution in [0.2, 0.25) is 0 Å². The molecule has 0 saturated heterocycles. The minimum Gasteiger partial charge on any atom is -0.477 e. The first-order valence-corrected chi connectivity index (χ1v) is 6.36. The number of methoxy groups -OCH3 is 1. The van der Waals surface area contributed by atoms with E-state index in [9.17, 15) is 4.79 Å². The number of thioether (sulfide) groups is 2. The summed E-state index contributed by atoms with van der Waals surface area (Å²) in [6.45, 7) is 0. The van der Waals surface area contributed by atoms with Gasteiger partial charge in [0.1, 0.15) is 15.6 Å². The summed E-state index contributed by atoms with van der Waals surface area (Å²) in [6.07, 6.45) is 3.52. The van der Waals surface area contributed by atoms with Gasteiger partial charge in [-0.25, -0.2) is 4.79 Å². The highest BCUT2D eigenvalue weighted by atomic mass is 32.2. The zero-order valence-electron chi connectivity index (χ0n) is 8.47. The largest absolute Gasteiger partial charge is 0.477 e. The summed E-state index contributed by atoms with van der Waals surface area (Å²) in [7, 11) is 1.45. The molecule has 7 heteroatoms. The molecule has 1 heterocycles. The molecule has 0 radical (unpaired) electrons. The van der Waals surface area contributed by atoms with Crippen molar-refractivity contribution in [1.82, 2.24) is 9.97 Å². The van der Waals surface area contributed by atoms with E-state index >= 15 is 0 Å². The maximum absolute atomic E-state index is 11.0. The lowest BCUT2D eigenvalue weighted by Gasteiger charge is -2.08. The molecule has 0 aromatic carbocycles. The monoisotopic (exact) mass is 246 g/mol. The average Bonchev–Trinajstić information content (AvgIpc) is 2.26. The summed E-state index contributed by atoms with van der Waals surface area (Å²) in [5.74, 6) is -1.02. The summed E-state index contributed by atoms with van der Waals surface area (Å²) < 4.78 is 4.89. The van der Waals surface area contributed by atoms with Gasteiger partial charge in [-0.15, -0.1) is 23.5 Å². The van der Waals surface area contributed by atoms with Crippen LogP contribution in [0.25, 0.3) is 0 Å². The molecule has 0 saturated carbocycles. The normalized spacial score (nSPS) is 10.1. The molecule has 82 valence electrons. The number of aromatic nitrogens is 2. The van der Waals surface area contributed by atoms with Crippen molar-refractivity contribution < 1.29 is 14.6 Å². The van der Waals surface area contributed by atoms with Crippen LogP contribution in [0.5, 0.6) is 6.01 Å². The molecule has 15 heavy (non-hydrogen) atoms. The highest BCUT2D eigenvalue weighted by Gasteiger charge is 2.19. The van der Waals surface area contributed by atoms with Crippen LogP contribution in [-0.4, -0.2) is 40.7 Å². The zero-order valence-corrected chi connectivity index (χ0v) is 10.1. The minimum absolute atomic E-state index is 0.135. The molecule has 0 aliphatic carbocycles. The van der Waals surface area contributed by atoms with Crippen molar-refractivity contribution in [3.8, 4) is 6.01 Å². The first-order valence-electron chi connectivity index (χ1n) is 3.91. The van der Waals surface area contributed by atoms with E-state index in [0.717, 1.165) is 0 Å². The van der Waals surface area contributed by atoms with Crippen molar-refractivity contribution in [2.24, 2.45) is 0 Å². The highest BCUT2D eigenvalue weighted by Crippen LogP contribution is 2.28. The lowest BCUT2D eigenvalue weighted by molar-refractivity contribution is 0.0686. The SMILES string of the molecule is COc1nc(SC)c(C(=O)O)c(SC)n1. The summed E-state index contributed by atoms with van der Waals surface area (Å²) in [5, 5.41) is 9.86. The third-order valence-electron chi connectivity index (χ3n) is 1.61. The molecule has 1 N–H and O–H groups in total. The summed E-state index contributed by atoms with van der Waals surface area (Å²) >= 11 is 2.52. The molecule has 0 fully saturated rings. The standard InChI is InChI=1S/C8H10N2O3S2/c1-13-8-9-5(14-2)4(7(11)12)6(10-8)15-3/h1-3H3,(H,11,12). The molecule has 1 aromatic heterocycles. The van der Waals surface area contributed by atoms with E-state index in [4.69, 9.17) is 9.84 Å². The second kappa shape index (κ2) is 5.22. The van der Waals surface area contributed by atoms with Crippen molar-refractivity contribution in [3.05, 3.63) is 5.56 Å². The lowest BCUT2D eigenvalue weighted by atomic mass is 10.3. The Morgan fingerprint density at radius 3 is 2.00 bits per heavy atom. The molecule has 0 aliphatic rings. The second-order valence-corrected chi connectivity index (χ2v) is 4.00. The highest BCUT2D eigenvalue weighted by molar-refractivity contribution is 7.99. The molecular formula is C8H10N2O3S2. The van der Waals surface area contributed by atoms with Gasteiger partial charge >= 0.3 is 12.0 Å². The van der Waals surface area contributed by atoms with Crippen molar-refractivity contribution in [3.63, 3.8) is 0 Å². The number of nitrogens with zero attached hydrogens (tertiary/aromatic N) is 2. The minimum atomic E-state index is -1.02. The Morgan fingerprint density at radius 2 is 1.73 bits per heavy atom. The predicted octanol–water partition coefficient (Wildman–Crippen LogP) is 1.63. The van der Waals surface area contributed by atoms with Crippen LogP contribution in [-0.2, 0) is 0 Å². The van der Waals surface area contributed by atoms with E-state index in [0.29, 0.717) is 10.1 Å². The van der Waals surface area contributed by atoms with Gasteiger partial charge in [0.2, 0.25) is 0 Å². The number of ether oxygens (including phenoxy) is 1. The van der Waals surface area contributed by atoms with Crippen molar-refractivity contribution in [2.45, 2.75) is 10.1 Å². The van der Waals surface area contributed by atoms with Crippen LogP contribution < -0.4 is 4.74 Å². The Balaban J connectivity index is 3.39. The Kier molecular flexibility index (Phi) is 4.22. The summed E-state index contributed by atoms with van der Waals surface area (Å²) in [5.41, 5.74) is 0.135. The zero-order chi connectivity index (χ0) is 11.4. The fourth-order valence-electron chi connectivity index (χ4n) is 0.972. The van der Waals surface area contributed by atoms with Gasteiger partial charge in [0, 0.05) is 0 Å². The van der Waals surface area contributed by atoms with Crippen molar-refractivity contribution >= 4 is 29.5 Å². The van der Waals surface area contributed by atoms with Gasteiger partial charge in [0.05, 0.1) is 7.11 Å². The molecule has 5 nitrogen and oxygen atoms in total. The maximum atomic E-state index is 11.0. The van der Waals surface area contributed by atoms with Crippen LogP contribution in [0.3, 0.4) is 0 Å². The third kappa shape index (κ3) is 2.54. The van der Waals surface area contributed by atoms with Crippen LogP contribution in [0.1, 0.15) is 10.4 Å². The van der Waals surface area contributed by atoms with Gasteiger partial charge in [-0.05, 0) is 12.5 Å². The van der Waals surface area contributed by atoms with E-state index in [1.807, 2.05) is 0 Å². The predicted molar refractivity (Wildman–Crippen MR) is 59.1 cm³/mol. The molecule has 0 unspecified atom stereocenters. The third-order valence-corrected chi connectivity index (χ3v) is 2.97. The summed E-state index contributed by atoms with van der Waals surface area (Å²) in [6, 6.07) is 0.189. The Hall–Kier alpha value is -0.950. The first-order chi connectivity index (χ1) is 7.13. The number of rotatable bonds is 4. The Bertz CT molecular complexity index is 359. The Labute approximate surface area is 95.6 Å². The van der Waals surface area contributed by atoms with Crippen LogP contribution in [0.4, 0.5) is 0 Å². The molecule has 0 amide bonds. The van der Waals surface area contributed by atoms with E-state index in [1.54, 1.807) is 12.5 Å². The topological polar surface area (TPSA) is 72.3 Å². The van der Waals surface area contributed by atoms with Gasteiger partial charge in [0.25, 0.3) is 0 Å². The van der Waals surface area contributed by atoms with E-state index < -0.39 is 5.97 Å². The molecule has 0 atom stereocenters. The Morgan fingerprint density at radius 1 is 1.27 bits per heavy atom. The van der Waals surface area contributed by atoms with Gasteiger partial charge in [-0.1, -0.05) is 0 Å². The van der Waals surface area contributed by atoms with Crippen LogP contribution >= 0.6 is 23.5 Å². The molecule has 0 spiro atoms. The fraction of sp³-hybridized carbons (Fsp3) is 0.375. The average molecular weight is 246 g/mol. The van der Waals surface area contributed by atoms with Crippen LogP contribution in [0.15, 0.2) is 10.1 Å².